The predicted molar refractivity (Wildman–Crippen MR) is 111 cm³/mol. The summed E-state index contributed by atoms with van der Waals surface area (Å²) in [5.41, 5.74) is 0.866. The Morgan fingerprint density at radius 2 is 1.65 bits per heavy atom. The summed E-state index contributed by atoms with van der Waals surface area (Å²) in [6, 6.07) is 9.56. The van der Waals surface area contributed by atoms with E-state index in [0.29, 0.717) is 22.6 Å². The number of hydrogen-bond donors (Lipinski definition) is 2. The minimum absolute atomic E-state index is 0.0483. The van der Waals surface area contributed by atoms with Crippen LogP contribution in [0.15, 0.2) is 56.6 Å². The third-order valence-corrected chi connectivity index (χ3v) is 5.75. The molecule has 0 fully saturated rings. The van der Waals surface area contributed by atoms with Crippen LogP contribution in [0.25, 0.3) is 11.0 Å². The fourth-order valence-corrected chi connectivity index (χ4v) is 4.35. The highest BCUT2D eigenvalue weighted by atomic mass is 32.2. The molecule has 2 aromatic carbocycles. The molecule has 0 bridgehead atoms. The Hall–Kier alpha value is -3.93. The van der Waals surface area contributed by atoms with Gasteiger partial charge in [0.25, 0.3) is 10.0 Å². The van der Waals surface area contributed by atoms with Crippen LogP contribution in [0.1, 0.15) is 0 Å². The molecule has 0 atom stereocenters. The van der Waals surface area contributed by atoms with Gasteiger partial charge in [-0.3, -0.25) is 4.72 Å². The van der Waals surface area contributed by atoms with Crippen molar-refractivity contribution in [1.82, 2.24) is 10.3 Å². The predicted octanol–water partition coefficient (Wildman–Crippen LogP) is 3.39. The molecule has 2 aromatic heterocycles. The number of nitrogens with zero attached hydrogens (tertiary/aromatic N) is 2. The largest absolute Gasteiger partial charge is 0.496 e. The van der Waals surface area contributed by atoms with Crippen molar-refractivity contribution in [3.63, 3.8) is 0 Å². The molecule has 0 unspecified atom stereocenters. The van der Waals surface area contributed by atoms with E-state index in [1.165, 1.54) is 39.7 Å². The summed E-state index contributed by atoms with van der Waals surface area (Å²) in [4.78, 5) is -0.167. The SMILES string of the molecule is COc1cccc(OC)c1S(=O)(=O)Nc1noc2cc(Nc3ccon3)cc(OC)c12. The average molecular weight is 446 g/mol. The number of benzene rings is 2. The molecule has 0 aliphatic heterocycles. The Kier molecular flexibility index (Phi) is 5.29. The Morgan fingerprint density at radius 1 is 0.935 bits per heavy atom. The quantitative estimate of drug-likeness (QED) is 0.414. The zero-order valence-corrected chi connectivity index (χ0v) is 17.5. The first-order valence-corrected chi connectivity index (χ1v) is 10.3. The second-order valence-electron chi connectivity index (χ2n) is 6.19. The monoisotopic (exact) mass is 446 g/mol. The van der Waals surface area contributed by atoms with Gasteiger partial charge >= 0.3 is 0 Å². The van der Waals surface area contributed by atoms with E-state index in [-0.39, 0.29) is 27.8 Å². The topological polar surface area (TPSA) is 138 Å². The highest BCUT2D eigenvalue weighted by Crippen LogP contribution is 2.39. The first-order chi connectivity index (χ1) is 15.0. The Labute approximate surface area is 176 Å². The lowest BCUT2D eigenvalue weighted by atomic mass is 10.2. The van der Waals surface area contributed by atoms with E-state index in [2.05, 4.69) is 20.4 Å². The Morgan fingerprint density at radius 3 is 2.26 bits per heavy atom. The van der Waals surface area contributed by atoms with E-state index >= 15 is 0 Å². The van der Waals surface area contributed by atoms with Gasteiger partial charge in [0.2, 0.25) is 0 Å². The lowest BCUT2D eigenvalue weighted by molar-refractivity contribution is 0.373. The number of sulfonamides is 1. The fraction of sp³-hybridized carbons (Fsp3) is 0.158. The maximum absolute atomic E-state index is 13.2. The number of fused-ring (bicyclic) bond motifs is 1. The Bertz CT molecular complexity index is 1290. The number of methoxy groups -OCH3 is 3. The number of hydrogen-bond acceptors (Lipinski definition) is 10. The van der Waals surface area contributed by atoms with E-state index in [1.54, 1.807) is 24.3 Å². The minimum Gasteiger partial charge on any atom is -0.496 e. The van der Waals surface area contributed by atoms with Crippen molar-refractivity contribution >= 4 is 38.3 Å². The second-order valence-corrected chi connectivity index (χ2v) is 7.81. The van der Waals surface area contributed by atoms with Gasteiger partial charge in [0.1, 0.15) is 28.9 Å². The first-order valence-electron chi connectivity index (χ1n) is 8.85. The van der Waals surface area contributed by atoms with Crippen LogP contribution in [0.5, 0.6) is 17.2 Å². The molecular formula is C19H18N4O7S. The van der Waals surface area contributed by atoms with Crippen LogP contribution < -0.4 is 24.2 Å². The van der Waals surface area contributed by atoms with Crippen LogP contribution in [-0.4, -0.2) is 40.1 Å². The smallest absolute Gasteiger partial charge is 0.270 e. The van der Waals surface area contributed by atoms with Crippen LogP contribution in [0.2, 0.25) is 0 Å². The highest BCUT2D eigenvalue weighted by molar-refractivity contribution is 7.93. The summed E-state index contributed by atoms with van der Waals surface area (Å²) >= 11 is 0. The molecule has 2 N–H and O–H groups in total. The number of anilines is 3. The molecule has 162 valence electrons. The van der Waals surface area contributed by atoms with Crippen LogP contribution in [-0.2, 0) is 10.0 Å². The Balaban J connectivity index is 1.76. The lowest BCUT2D eigenvalue weighted by Crippen LogP contribution is -2.15. The van der Waals surface area contributed by atoms with Crippen molar-refractivity contribution in [3.05, 3.63) is 42.7 Å². The molecular weight excluding hydrogens is 428 g/mol. The molecule has 0 saturated carbocycles. The average Bonchev–Trinajstić information content (AvgIpc) is 3.42. The molecule has 11 nitrogen and oxygen atoms in total. The number of rotatable bonds is 8. The van der Waals surface area contributed by atoms with Crippen molar-refractivity contribution in [2.45, 2.75) is 4.90 Å². The number of ether oxygens (including phenoxy) is 3. The maximum Gasteiger partial charge on any atom is 0.270 e. The minimum atomic E-state index is -4.15. The van der Waals surface area contributed by atoms with E-state index < -0.39 is 10.0 Å². The molecule has 0 saturated heterocycles. The first kappa shape index (κ1) is 20.3. The van der Waals surface area contributed by atoms with Crippen molar-refractivity contribution in [1.29, 1.82) is 0 Å². The van der Waals surface area contributed by atoms with E-state index in [4.69, 9.17) is 23.3 Å². The van der Waals surface area contributed by atoms with Gasteiger partial charge in [0.05, 0.1) is 21.3 Å². The fourth-order valence-electron chi connectivity index (χ4n) is 3.02. The summed E-state index contributed by atoms with van der Waals surface area (Å²) in [6.45, 7) is 0. The van der Waals surface area contributed by atoms with Crippen molar-refractivity contribution in [3.8, 4) is 17.2 Å². The molecule has 0 amide bonds. The van der Waals surface area contributed by atoms with Gasteiger partial charge in [-0.15, -0.1) is 0 Å². The third-order valence-electron chi connectivity index (χ3n) is 4.35. The molecule has 0 aliphatic rings. The van der Waals surface area contributed by atoms with Crippen LogP contribution in [0.3, 0.4) is 0 Å². The van der Waals surface area contributed by atoms with Gasteiger partial charge < -0.3 is 28.6 Å². The molecule has 0 spiro atoms. The van der Waals surface area contributed by atoms with Gasteiger partial charge in [0, 0.05) is 23.9 Å². The normalized spacial score (nSPS) is 11.3. The van der Waals surface area contributed by atoms with Crippen LogP contribution in [0, 0.1) is 0 Å². The zero-order chi connectivity index (χ0) is 22.0. The van der Waals surface area contributed by atoms with Gasteiger partial charge in [-0.25, -0.2) is 8.42 Å². The molecule has 0 radical (unpaired) electrons. The summed E-state index contributed by atoms with van der Waals surface area (Å²) < 4.78 is 54.7. The summed E-state index contributed by atoms with van der Waals surface area (Å²) in [7, 11) is 0.0288. The summed E-state index contributed by atoms with van der Waals surface area (Å²) in [5.74, 6) is 0.990. The van der Waals surface area contributed by atoms with E-state index in [1.807, 2.05) is 0 Å². The number of nitrogens with one attached hydrogen (secondary N) is 2. The van der Waals surface area contributed by atoms with Gasteiger partial charge in [-0.1, -0.05) is 16.4 Å². The molecule has 31 heavy (non-hydrogen) atoms. The van der Waals surface area contributed by atoms with Crippen molar-refractivity contribution in [2.24, 2.45) is 0 Å². The van der Waals surface area contributed by atoms with Gasteiger partial charge in [-0.2, -0.15) is 0 Å². The third kappa shape index (κ3) is 3.80. The van der Waals surface area contributed by atoms with Crippen LogP contribution in [0.4, 0.5) is 17.3 Å². The zero-order valence-electron chi connectivity index (χ0n) is 16.7. The van der Waals surface area contributed by atoms with Crippen molar-refractivity contribution in [2.75, 3.05) is 31.4 Å². The molecule has 0 aliphatic carbocycles. The summed E-state index contributed by atoms with van der Waals surface area (Å²) in [6.07, 6.45) is 1.42. The van der Waals surface area contributed by atoms with E-state index in [0.717, 1.165) is 0 Å². The van der Waals surface area contributed by atoms with Crippen molar-refractivity contribution < 1.29 is 31.7 Å². The van der Waals surface area contributed by atoms with Gasteiger partial charge in [-0.05, 0) is 12.1 Å². The van der Waals surface area contributed by atoms with Crippen LogP contribution >= 0.6 is 0 Å². The maximum atomic E-state index is 13.2. The summed E-state index contributed by atoms with van der Waals surface area (Å²) in [5, 5.41) is 11.0. The van der Waals surface area contributed by atoms with Gasteiger partial charge in [0.15, 0.2) is 22.1 Å². The second kappa shape index (κ2) is 8.07. The lowest BCUT2D eigenvalue weighted by Gasteiger charge is -2.14. The molecule has 4 rings (SSSR count). The molecule has 4 aromatic rings. The highest BCUT2D eigenvalue weighted by Gasteiger charge is 2.28. The molecule has 12 heteroatoms. The standard InChI is InChI=1S/C19H18N4O7S/c1-26-12-5-4-6-13(27-2)18(12)31(24,25)23-19-17-14(28-3)9-11(10-15(17)30-22-19)20-16-7-8-29-21-16/h4-10H,1-3H3,(H,20,21)(H,22,23). The van der Waals surface area contributed by atoms with E-state index in [9.17, 15) is 8.42 Å². The molecule has 2 heterocycles. The number of aromatic nitrogens is 2.